The van der Waals surface area contributed by atoms with Gasteiger partial charge in [-0.3, -0.25) is 4.79 Å². The van der Waals surface area contributed by atoms with Crippen LogP contribution in [0.4, 0.5) is 4.79 Å². The number of nitrogens with one attached hydrogen (secondary N) is 2. The van der Waals surface area contributed by atoms with E-state index in [1.807, 2.05) is 17.0 Å². The maximum absolute atomic E-state index is 12.4. The fourth-order valence-corrected chi connectivity index (χ4v) is 4.03. The first-order valence-corrected chi connectivity index (χ1v) is 10.3. The van der Waals surface area contributed by atoms with Gasteiger partial charge in [0.25, 0.3) is 0 Å². The summed E-state index contributed by atoms with van der Waals surface area (Å²) in [5.41, 5.74) is 2.52. The molecule has 2 fully saturated rings. The third-order valence-electron chi connectivity index (χ3n) is 6.05. The second-order valence-corrected chi connectivity index (χ2v) is 8.11. The van der Waals surface area contributed by atoms with Gasteiger partial charge in [-0.05, 0) is 55.7 Å². The first-order valence-electron chi connectivity index (χ1n) is 10.3. The van der Waals surface area contributed by atoms with Gasteiger partial charge in [-0.25, -0.2) is 4.79 Å². The van der Waals surface area contributed by atoms with Gasteiger partial charge in [0, 0.05) is 32.2 Å². The Balaban J connectivity index is 0.00000225. The molecule has 0 unspecified atom stereocenters. The lowest BCUT2D eigenvalue weighted by molar-refractivity contribution is -0.131. The molecule has 1 aliphatic carbocycles. The molecule has 3 amide bonds. The zero-order chi connectivity index (χ0) is 18.6. The Morgan fingerprint density at radius 2 is 1.68 bits per heavy atom. The molecule has 2 N–H and O–H groups in total. The summed E-state index contributed by atoms with van der Waals surface area (Å²) >= 11 is 0. The smallest absolute Gasteiger partial charge is 0.318 e. The maximum Gasteiger partial charge on any atom is 0.318 e. The third-order valence-corrected chi connectivity index (χ3v) is 6.05. The predicted octanol–water partition coefficient (Wildman–Crippen LogP) is 2.17. The molecule has 1 saturated heterocycles. The lowest BCUT2D eigenvalue weighted by atomic mass is 10.0. The zero-order valence-electron chi connectivity index (χ0n) is 16.4. The van der Waals surface area contributed by atoms with Gasteiger partial charge in [0.15, 0.2) is 0 Å². The van der Waals surface area contributed by atoms with Gasteiger partial charge in [-0.2, -0.15) is 0 Å². The Morgan fingerprint density at radius 1 is 0.964 bits per heavy atom. The minimum Gasteiger partial charge on any atom is -0.341 e. The Bertz CT molecular complexity index is 687. The lowest BCUT2D eigenvalue weighted by Crippen LogP contribution is -2.50. The number of carbonyl (C=O) groups excluding carboxylic acids is 2. The number of halogens is 1. The summed E-state index contributed by atoms with van der Waals surface area (Å²) in [6.45, 7) is 4.12. The van der Waals surface area contributed by atoms with Crippen LogP contribution in [0.1, 0.15) is 36.8 Å². The molecule has 6 nitrogen and oxygen atoms in total. The molecule has 1 saturated carbocycles. The van der Waals surface area contributed by atoms with E-state index in [-0.39, 0.29) is 30.9 Å². The molecule has 0 spiro atoms. The molecule has 2 aliphatic heterocycles. The molecule has 4 rings (SSSR count). The fraction of sp³-hybridized carbons (Fsp3) is 0.619. The summed E-state index contributed by atoms with van der Waals surface area (Å²) in [4.78, 5) is 28.6. The second-order valence-electron chi connectivity index (χ2n) is 8.11. The van der Waals surface area contributed by atoms with Crippen molar-refractivity contribution in [2.45, 2.75) is 44.7 Å². The van der Waals surface area contributed by atoms with E-state index in [0.717, 1.165) is 44.8 Å². The van der Waals surface area contributed by atoms with Gasteiger partial charge < -0.3 is 20.4 Å². The average molecular weight is 407 g/mol. The van der Waals surface area contributed by atoms with Gasteiger partial charge in [0.1, 0.15) is 0 Å². The SMILES string of the molecule is Cl.O=C(CNC(=O)N1CCc2ccccc2C1)N1CCC(NCC2CC2)CC1. The van der Waals surface area contributed by atoms with Crippen LogP contribution in [-0.2, 0) is 17.8 Å². The van der Waals surface area contributed by atoms with Crippen molar-refractivity contribution in [2.24, 2.45) is 5.92 Å². The molecule has 7 heteroatoms. The second kappa shape index (κ2) is 9.61. The van der Waals surface area contributed by atoms with E-state index in [1.165, 1.54) is 24.0 Å². The monoisotopic (exact) mass is 406 g/mol. The number of fused-ring (bicyclic) bond motifs is 1. The first kappa shape index (κ1) is 20.9. The fourth-order valence-electron chi connectivity index (χ4n) is 4.03. The van der Waals surface area contributed by atoms with Crippen LogP contribution in [0.2, 0.25) is 0 Å². The number of nitrogens with zero attached hydrogens (tertiary/aromatic N) is 2. The van der Waals surface area contributed by atoms with Crippen LogP contribution in [0.15, 0.2) is 24.3 Å². The highest BCUT2D eigenvalue weighted by Crippen LogP contribution is 2.28. The predicted molar refractivity (Wildman–Crippen MR) is 112 cm³/mol. The van der Waals surface area contributed by atoms with Crippen LogP contribution in [-0.4, -0.2) is 60.5 Å². The largest absolute Gasteiger partial charge is 0.341 e. The number of rotatable bonds is 5. The van der Waals surface area contributed by atoms with Crippen molar-refractivity contribution in [3.05, 3.63) is 35.4 Å². The van der Waals surface area contributed by atoms with E-state index in [1.54, 1.807) is 4.90 Å². The van der Waals surface area contributed by atoms with Gasteiger partial charge in [-0.1, -0.05) is 24.3 Å². The number of hydrogen-bond donors (Lipinski definition) is 2. The third kappa shape index (κ3) is 5.39. The van der Waals surface area contributed by atoms with Gasteiger partial charge in [0.05, 0.1) is 6.54 Å². The number of benzene rings is 1. The maximum atomic E-state index is 12.4. The molecule has 0 aromatic heterocycles. The Labute approximate surface area is 173 Å². The van der Waals surface area contributed by atoms with Crippen molar-refractivity contribution >= 4 is 24.3 Å². The minimum absolute atomic E-state index is 0. The summed E-state index contributed by atoms with van der Waals surface area (Å²) in [5, 5.41) is 6.45. The molecule has 0 bridgehead atoms. The Morgan fingerprint density at radius 3 is 2.39 bits per heavy atom. The van der Waals surface area contributed by atoms with Crippen LogP contribution in [0.3, 0.4) is 0 Å². The van der Waals surface area contributed by atoms with Crippen molar-refractivity contribution in [1.29, 1.82) is 0 Å². The zero-order valence-corrected chi connectivity index (χ0v) is 17.2. The number of amides is 3. The Hall–Kier alpha value is -1.79. The van der Waals surface area contributed by atoms with Crippen LogP contribution < -0.4 is 10.6 Å². The number of urea groups is 1. The number of piperidine rings is 1. The Kier molecular flexibility index (Phi) is 7.18. The molecule has 0 radical (unpaired) electrons. The van der Waals surface area contributed by atoms with Gasteiger partial charge >= 0.3 is 6.03 Å². The molecule has 0 atom stereocenters. The number of hydrogen-bond acceptors (Lipinski definition) is 3. The van der Waals surface area contributed by atoms with Crippen LogP contribution in [0, 0.1) is 5.92 Å². The van der Waals surface area contributed by atoms with Gasteiger partial charge in [-0.15, -0.1) is 12.4 Å². The molecule has 154 valence electrons. The lowest BCUT2D eigenvalue weighted by Gasteiger charge is -2.33. The summed E-state index contributed by atoms with van der Waals surface area (Å²) in [7, 11) is 0. The summed E-state index contributed by atoms with van der Waals surface area (Å²) < 4.78 is 0. The first-order chi connectivity index (χ1) is 13.2. The number of likely N-dealkylation sites (tertiary alicyclic amines) is 1. The van der Waals surface area contributed by atoms with E-state index >= 15 is 0 Å². The van der Waals surface area contributed by atoms with Gasteiger partial charge in [0.2, 0.25) is 5.91 Å². The van der Waals surface area contributed by atoms with E-state index in [2.05, 4.69) is 22.8 Å². The van der Waals surface area contributed by atoms with E-state index in [9.17, 15) is 9.59 Å². The highest BCUT2D eigenvalue weighted by molar-refractivity contribution is 5.85. The normalized spacial score (nSPS) is 19.6. The van der Waals surface area contributed by atoms with Crippen molar-refractivity contribution in [1.82, 2.24) is 20.4 Å². The number of carbonyl (C=O) groups is 2. The average Bonchev–Trinajstić information content (AvgIpc) is 3.55. The van der Waals surface area contributed by atoms with Crippen molar-refractivity contribution in [3.63, 3.8) is 0 Å². The molecule has 2 heterocycles. The summed E-state index contributed by atoms with van der Waals surface area (Å²) in [5.74, 6) is 0.919. The molecule has 3 aliphatic rings. The van der Waals surface area contributed by atoms with Crippen molar-refractivity contribution in [3.8, 4) is 0 Å². The van der Waals surface area contributed by atoms with E-state index in [4.69, 9.17) is 0 Å². The highest BCUT2D eigenvalue weighted by atomic mass is 35.5. The van der Waals surface area contributed by atoms with E-state index < -0.39 is 0 Å². The molecule has 28 heavy (non-hydrogen) atoms. The topological polar surface area (TPSA) is 64.7 Å². The molecular formula is C21H31ClN4O2. The minimum atomic E-state index is -0.140. The standard InChI is InChI=1S/C21H30N4O2.ClH/c26-20(24-11-8-19(9-12-24)22-13-16-5-6-16)14-23-21(27)25-10-7-17-3-1-2-4-18(17)15-25;/h1-4,16,19,22H,5-15H2,(H,23,27);1H. The van der Waals surface area contributed by atoms with E-state index in [0.29, 0.717) is 19.1 Å². The summed E-state index contributed by atoms with van der Waals surface area (Å²) in [6, 6.07) is 8.64. The van der Waals surface area contributed by atoms with Crippen molar-refractivity contribution in [2.75, 3.05) is 32.7 Å². The highest BCUT2D eigenvalue weighted by Gasteiger charge is 2.26. The van der Waals surface area contributed by atoms with Crippen LogP contribution in [0.25, 0.3) is 0 Å². The molecular weight excluding hydrogens is 376 g/mol. The summed E-state index contributed by atoms with van der Waals surface area (Å²) in [6.07, 6.45) is 5.63. The quantitative estimate of drug-likeness (QED) is 0.787. The van der Waals surface area contributed by atoms with Crippen molar-refractivity contribution < 1.29 is 9.59 Å². The van der Waals surface area contributed by atoms with Crippen LogP contribution in [0.5, 0.6) is 0 Å². The molecule has 1 aromatic rings. The van der Waals surface area contributed by atoms with Crippen LogP contribution >= 0.6 is 12.4 Å². The molecule has 1 aromatic carbocycles.